The zero-order valence-electron chi connectivity index (χ0n) is 27.8. The van der Waals surface area contributed by atoms with E-state index in [4.69, 9.17) is 16.2 Å². The lowest BCUT2D eigenvalue weighted by molar-refractivity contribution is 0.153. The van der Waals surface area contributed by atoms with E-state index >= 15 is 0 Å². The quantitative estimate of drug-likeness (QED) is 0.178. The Bertz CT molecular complexity index is 1250. The number of anilines is 4. The molecular formula is C37H56FN7O. The van der Waals surface area contributed by atoms with Crippen LogP contribution in [0.4, 0.5) is 27.1 Å². The van der Waals surface area contributed by atoms with Gasteiger partial charge >= 0.3 is 0 Å². The summed E-state index contributed by atoms with van der Waals surface area (Å²) in [7, 11) is 0. The van der Waals surface area contributed by atoms with Gasteiger partial charge in [0.1, 0.15) is 5.83 Å². The van der Waals surface area contributed by atoms with Crippen LogP contribution in [0.25, 0.3) is 0 Å². The minimum Gasteiger partial charge on any atom is -0.397 e. The first-order chi connectivity index (χ1) is 22.5. The van der Waals surface area contributed by atoms with Crippen LogP contribution in [0.2, 0.25) is 0 Å². The number of piperidine rings is 1. The van der Waals surface area contributed by atoms with Crippen molar-refractivity contribution < 1.29 is 9.13 Å². The third-order valence-electron chi connectivity index (χ3n) is 8.72. The standard InChI is InChI=1S/C21H29FN4.C16H27N3O/c22-19-7-3-6-18(10-11-19)16-26(21-9-2-1-8-20(21)23)17-25-14-4-12-24-13-5-15-25;1-2-20-12-11-19(13-14-7-9-18-10-8-14)16-6-4-3-5-15(16)17/h1-3,6,8-11,24H,4-5,7,12-17,23H2;3-6,14,18H,2,7-13,17H2,1H3. The molecule has 3 aliphatic rings. The molecule has 0 aromatic heterocycles. The molecule has 0 bridgehead atoms. The van der Waals surface area contributed by atoms with Crippen LogP contribution in [0.5, 0.6) is 0 Å². The van der Waals surface area contributed by atoms with Gasteiger partial charge < -0.3 is 36.6 Å². The summed E-state index contributed by atoms with van der Waals surface area (Å²) in [6.07, 6.45) is 12.5. The SMILES string of the molecule is CCOCCN(CC1CCNCC1)c1ccccc1N.Nc1ccccc1N(CC1=CC=C(F)CC=C1)CN1CCCNCCC1. The molecule has 0 spiro atoms. The molecular weight excluding hydrogens is 577 g/mol. The molecule has 2 fully saturated rings. The Balaban J connectivity index is 0.000000216. The summed E-state index contributed by atoms with van der Waals surface area (Å²) in [5.74, 6) is 0.649. The first kappa shape index (κ1) is 35.5. The van der Waals surface area contributed by atoms with Gasteiger partial charge in [0.15, 0.2) is 0 Å². The fourth-order valence-corrected chi connectivity index (χ4v) is 6.21. The highest BCUT2D eigenvalue weighted by Gasteiger charge is 2.19. The fourth-order valence-electron chi connectivity index (χ4n) is 6.21. The number of ether oxygens (including phenoxy) is 1. The summed E-state index contributed by atoms with van der Waals surface area (Å²) >= 11 is 0. The van der Waals surface area contributed by atoms with Crippen molar-refractivity contribution in [1.29, 1.82) is 0 Å². The van der Waals surface area contributed by atoms with Crippen LogP contribution < -0.4 is 31.9 Å². The number of allylic oxidation sites excluding steroid dienone is 4. The number of nitrogens with one attached hydrogen (secondary N) is 2. The Hall–Kier alpha value is -3.37. The van der Waals surface area contributed by atoms with Crippen LogP contribution in [-0.2, 0) is 4.74 Å². The summed E-state index contributed by atoms with van der Waals surface area (Å²) in [4.78, 5) is 7.18. The van der Waals surface area contributed by atoms with Gasteiger partial charge in [-0.15, -0.1) is 0 Å². The van der Waals surface area contributed by atoms with E-state index in [1.165, 1.54) is 12.8 Å². The van der Waals surface area contributed by atoms with Crippen LogP contribution in [0, 0.1) is 5.92 Å². The van der Waals surface area contributed by atoms with Gasteiger partial charge in [-0.3, -0.25) is 4.90 Å². The van der Waals surface area contributed by atoms with Gasteiger partial charge in [-0.2, -0.15) is 0 Å². The Morgan fingerprint density at radius 2 is 1.50 bits per heavy atom. The van der Waals surface area contributed by atoms with Crippen molar-refractivity contribution in [3.63, 3.8) is 0 Å². The van der Waals surface area contributed by atoms with Crippen LogP contribution in [0.15, 0.2) is 84.2 Å². The molecule has 0 unspecified atom stereocenters. The minimum atomic E-state index is -0.0988. The Morgan fingerprint density at radius 1 is 0.870 bits per heavy atom. The van der Waals surface area contributed by atoms with Gasteiger partial charge in [-0.25, -0.2) is 4.39 Å². The van der Waals surface area contributed by atoms with E-state index in [9.17, 15) is 4.39 Å². The highest BCUT2D eigenvalue weighted by atomic mass is 19.1. The maximum absolute atomic E-state index is 13.5. The molecule has 252 valence electrons. The van der Waals surface area contributed by atoms with Gasteiger partial charge in [0.05, 0.1) is 36.0 Å². The molecule has 0 atom stereocenters. The normalized spacial score (nSPS) is 17.9. The van der Waals surface area contributed by atoms with Gasteiger partial charge in [0, 0.05) is 45.8 Å². The second-order valence-electron chi connectivity index (χ2n) is 12.3. The van der Waals surface area contributed by atoms with E-state index in [0.29, 0.717) is 13.0 Å². The zero-order valence-corrected chi connectivity index (χ0v) is 27.8. The average Bonchev–Trinajstić information content (AvgIpc) is 3.26. The van der Waals surface area contributed by atoms with E-state index in [-0.39, 0.29) is 5.83 Å². The lowest BCUT2D eigenvalue weighted by Crippen LogP contribution is -2.42. The van der Waals surface area contributed by atoms with E-state index in [1.807, 2.05) is 55.5 Å². The fraction of sp³-hybridized carbons (Fsp3) is 0.514. The van der Waals surface area contributed by atoms with E-state index in [2.05, 4.69) is 43.5 Å². The van der Waals surface area contributed by atoms with Crippen LogP contribution in [-0.4, -0.2) is 83.7 Å². The molecule has 1 aliphatic carbocycles. The monoisotopic (exact) mass is 633 g/mol. The van der Waals surface area contributed by atoms with E-state index < -0.39 is 0 Å². The second-order valence-corrected chi connectivity index (χ2v) is 12.3. The third-order valence-corrected chi connectivity index (χ3v) is 8.72. The van der Waals surface area contributed by atoms with Crippen LogP contribution in [0.3, 0.4) is 0 Å². The molecule has 46 heavy (non-hydrogen) atoms. The third kappa shape index (κ3) is 12.1. The highest BCUT2D eigenvalue weighted by molar-refractivity contribution is 5.68. The maximum atomic E-state index is 13.5. The molecule has 2 heterocycles. The smallest absolute Gasteiger partial charge is 0.104 e. The maximum Gasteiger partial charge on any atom is 0.104 e. The van der Waals surface area contributed by atoms with Gasteiger partial charge in [0.2, 0.25) is 0 Å². The highest BCUT2D eigenvalue weighted by Crippen LogP contribution is 2.26. The molecule has 0 saturated carbocycles. The molecule has 5 rings (SSSR count). The number of benzene rings is 2. The molecule has 0 radical (unpaired) electrons. The Kier molecular flexibility index (Phi) is 15.4. The molecule has 2 aliphatic heterocycles. The lowest BCUT2D eigenvalue weighted by atomic mass is 9.97. The largest absolute Gasteiger partial charge is 0.397 e. The van der Waals surface area contributed by atoms with Crippen molar-refractivity contribution in [1.82, 2.24) is 15.5 Å². The van der Waals surface area contributed by atoms with Crippen molar-refractivity contribution in [3.05, 3.63) is 84.2 Å². The van der Waals surface area contributed by atoms with Crippen molar-refractivity contribution in [3.8, 4) is 0 Å². The van der Waals surface area contributed by atoms with Crippen molar-refractivity contribution >= 4 is 22.7 Å². The Labute approximate surface area is 276 Å². The molecule has 8 nitrogen and oxygen atoms in total. The average molecular weight is 634 g/mol. The predicted molar refractivity (Wildman–Crippen MR) is 193 cm³/mol. The summed E-state index contributed by atoms with van der Waals surface area (Å²) in [5.41, 5.74) is 17.3. The minimum absolute atomic E-state index is 0.0988. The first-order valence-electron chi connectivity index (χ1n) is 17.2. The number of nitrogens with zero attached hydrogens (tertiary/aromatic N) is 3. The Morgan fingerprint density at radius 3 is 2.15 bits per heavy atom. The number of hydrogen-bond donors (Lipinski definition) is 4. The second kappa shape index (κ2) is 20.0. The van der Waals surface area contributed by atoms with Gasteiger partial charge in [-0.05, 0) is 101 Å². The lowest BCUT2D eigenvalue weighted by Gasteiger charge is -2.34. The molecule has 0 amide bonds. The first-order valence-corrected chi connectivity index (χ1v) is 17.2. The number of rotatable bonds is 12. The van der Waals surface area contributed by atoms with Crippen molar-refractivity contribution in [2.75, 3.05) is 100 Å². The predicted octanol–water partition coefficient (Wildman–Crippen LogP) is 5.57. The molecule has 2 aromatic carbocycles. The summed E-state index contributed by atoms with van der Waals surface area (Å²) in [6, 6.07) is 16.1. The number of nitrogens with two attached hydrogens (primary N) is 2. The molecule has 2 aromatic rings. The molecule has 2 saturated heterocycles. The van der Waals surface area contributed by atoms with E-state index in [0.717, 1.165) is 119 Å². The summed E-state index contributed by atoms with van der Waals surface area (Å²) < 4.78 is 19.0. The summed E-state index contributed by atoms with van der Waals surface area (Å²) in [5, 5.41) is 6.88. The van der Waals surface area contributed by atoms with Crippen molar-refractivity contribution in [2.45, 2.75) is 39.0 Å². The van der Waals surface area contributed by atoms with Crippen LogP contribution in [0.1, 0.15) is 39.0 Å². The number of nitrogen functional groups attached to an aromatic ring is 2. The van der Waals surface area contributed by atoms with E-state index in [1.54, 1.807) is 6.08 Å². The zero-order chi connectivity index (χ0) is 32.4. The number of para-hydroxylation sites is 4. The van der Waals surface area contributed by atoms with Gasteiger partial charge in [0.25, 0.3) is 0 Å². The number of halogens is 1. The van der Waals surface area contributed by atoms with Gasteiger partial charge in [-0.1, -0.05) is 42.5 Å². The van der Waals surface area contributed by atoms with Crippen molar-refractivity contribution in [2.24, 2.45) is 5.92 Å². The topological polar surface area (TPSA) is 95.0 Å². The van der Waals surface area contributed by atoms with Crippen LogP contribution >= 0.6 is 0 Å². The molecule has 6 N–H and O–H groups in total. The molecule has 9 heteroatoms. The summed E-state index contributed by atoms with van der Waals surface area (Å²) in [6.45, 7) is 13.6. The number of hydrogen-bond acceptors (Lipinski definition) is 8.